The molecule has 186 valence electrons. The summed E-state index contributed by atoms with van der Waals surface area (Å²) in [6, 6.07) is 13.8. The number of hydrogen-bond acceptors (Lipinski definition) is 5. The number of H-pyrrole nitrogens is 1. The molecule has 1 saturated heterocycles. The third kappa shape index (κ3) is 6.39. The number of anilines is 1. The summed E-state index contributed by atoms with van der Waals surface area (Å²) in [5.74, 6) is 0.720. The number of nitrogens with one attached hydrogen (secondary N) is 2. The van der Waals surface area contributed by atoms with E-state index in [9.17, 15) is 4.79 Å². The second kappa shape index (κ2) is 11.7. The van der Waals surface area contributed by atoms with Crippen LogP contribution in [0.15, 0.2) is 47.3 Å². The van der Waals surface area contributed by atoms with Crippen molar-refractivity contribution in [3.63, 3.8) is 0 Å². The summed E-state index contributed by atoms with van der Waals surface area (Å²) < 4.78 is 10.9. The Labute approximate surface area is 212 Å². The number of rotatable bonds is 8. The Morgan fingerprint density at radius 1 is 1.17 bits per heavy atom. The Hall–Kier alpha value is -2.94. The number of aromatic amines is 1. The van der Waals surface area contributed by atoms with Gasteiger partial charge in [0.25, 0.3) is 5.56 Å². The number of methoxy groups -OCH3 is 1. The van der Waals surface area contributed by atoms with Gasteiger partial charge in [-0.3, -0.25) is 9.69 Å². The van der Waals surface area contributed by atoms with Crippen LogP contribution in [0.2, 0.25) is 0 Å². The van der Waals surface area contributed by atoms with E-state index in [1.165, 1.54) is 5.56 Å². The molecule has 0 aliphatic carbocycles. The molecule has 0 saturated carbocycles. The summed E-state index contributed by atoms with van der Waals surface area (Å²) in [6.45, 7) is 9.71. The number of ether oxygens (including phenoxy) is 2. The van der Waals surface area contributed by atoms with Gasteiger partial charge >= 0.3 is 0 Å². The highest BCUT2D eigenvalue weighted by Gasteiger charge is 2.17. The number of fused-ring (bicyclic) bond motifs is 1. The van der Waals surface area contributed by atoms with E-state index in [0.717, 1.165) is 73.7 Å². The number of aryl methyl sites for hydroxylation is 2. The first-order chi connectivity index (χ1) is 16.9. The number of para-hydroxylation sites is 2. The predicted octanol–water partition coefficient (Wildman–Crippen LogP) is 4.07. The summed E-state index contributed by atoms with van der Waals surface area (Å²) in [4.78, 5) is 20.5. The van der Waals surface area contributed by atoms with Gasteiger partial charge in [0.05, 0.1) is 32.6 Å². The Morgan fingerprint density at radius 3 is 2.69 bits per heavy atom. The van der Waals surface area contributed by atoms with Crippen LogP contribution in [0.25, 0.3) is 10.9 Å². The van der Waals surface area contributed by atoms with Crippen molar-refractivity contribution in [2.24, 2.45) is 0 Å². The predicted molar refractivity (Wildman–Crippen MR) is 146 cm³/mol. The standard InChI is InChI=1S/C27H34N4O3S/c1-19-15-21-17-22(26(32)28-24(21)16-20(19)2)18-31(10-6-9-30-11-13-34-14-12-30)27(35)29-23-7-4-5-8-25(23)33-3/h4-5,7-8,15-17H,6,9-14,18H2,1-3H3,(H,28,32)(H,29,35). The van der Waals surface area contributed by atoms with Gasteiger partial charge in [0.1, 0.15) is 5.75 Å². The largest absolute Gasteiger partial charge is 0.495 e. The first-order valence-corrected chi connectivity index (χ1v) is 12.5. The molecule has 35 heavy (non-hydrogen) atoms. The minimum absolute atomic E-state index is 0.0842. The average Bonchev–Trinajstić information content (AvgIpc) is 2.86. The molecule has 4 rings (SSSR count). The van der Waals surface area contributed by atoms with Gasteiger partial charge in [-0.25, -0.2) is 0 Å². The van der Waals surface area contributed by atoms with Gasteiger partial charge in [-0.05, 0) is 79.3 Å². The van der Waals surface area contributed by atoms with Crippen molar-refractivity contribution in [3.8, 4) is 5.75 Å². The first kappa shape index (κ1) is 25.2. The zero-order valence-electron chi connectivity index (χ0n) is 20.7. The molecule has 1 aliphatic heterocycles. The zero-order chi connectivity index (χ0) is 24.8. The SMILES string of the molecule is COc1ccccc1NC(=S)N(CCCN1CCOCC1)Cc1cc2cc(C)c(C)cc2[nH]c1=O. The molecular weight excluding hydrogens is 460 g/mol. The molecule has 8 heteroatoms. The van der Waals surface area contributed by atoms with Gasteiger partial charge in [-0.15, -0.1) is 0 Å². The molecule has 1 fully saturated rings. The molecule has 0 amide bonds. The maximum absolute atomic E-state index is 13.0. The Bertz CT molecular complexity index is 1240. The van der Waals surface area contributed by atoms with E-state index in [1.54, 1.807) is 7.11 Å². The molecule has 0 radical (unpaired) electrons. The fourth-order valence-corrected chi connectivity index (χ4v) is 4.62. The fraction of sp³-hybridized carbons (Fsp3) is 0.407. The third-order valence-electron chi connectivity index (χ3n) is 6.54. The van der Waals surface area contributed by atoms with Crippen molar-refractivity contribution in [1.82, 2.24) is 14.8 Å². The lowest BCUT2D eigenvalue weighted by atomic mass is 10.0. The Morgan fingerprint density at radius 2 is 1.91 bits per heavy atom. The fourth-order valence-electron chi connectivity index (χ4n) is 4.35. The smallest absolute Gasteiger partial charge is 0.253 e. The normalized spacial score (nSPS) is 14.1. The maximum atomic E-state index is 13.0. The van der Waals surface area contributed by atoms with E-state index in [2.05, 4.69) is 40.0 Å². The monoisotopic (exact) mass is 494 g/mol. The number of benzene rings is 2. The van der Waals surface area contributed by atoms with Crippen LogP contribution in [-0.4, -0.2) is 66.4 Å². The molecule has 2 heterocycles. The number of hydrogen-bond donors (Lipinski definition) is 2. The van der Waals surface area contributed by atoms with E-state index in [-0.39, 0.29) is 5.56 Å². The van der Waals surface area contributed by atoms with Crippen LogP contribution in [0.5, 0.6) is 5.75 Å². The lowest BCUT2D eigenvalue weighted by molar-refractivity contribution is 0.0367. The molecule has 0 unspecified atom stereocenters. The van der Waals surface area contributed by atoms with Crippen molar-refractivity contribution in [2.75, 3.05) is 51.8 Å². The maximum Gasteiger partial charge on any atom is 0.253 e. The molecule has 7 nitrogen and oxygen atoms in total. The number of aromatic nitrogens is 1. The lowest BCUT2D eigenvalue weighted by Gasteiger charge is -2.29. The second-order valence-electron chi connectivity index (χ2n) is 9.01. The zero-order valence-corrected chi connectivity index (χ0v) is 21.5. The molecule has 0 bridgehead atoms. The summed E-state index contributed by atoms with van der Waals surface area (Å²) in [6.07, 6.45) is 0.928. The van der Waals surface area contributed by atoms with Crippen molar-refractivity contribution in [2.45, 2.75) is 26.8 Å². The van der Waals surface area contributed by atoms with E-state index in [4.69, 9.17) is 21.7 Å². The summed E-state index contributed by atoms with van der Waals surface area (Å²) >= 11 is 5.82. The van der Waals surface area contributed by atoms with Crippen LogP contribution in [-0.2, 0) is 11.3 Å². The highest BCUT2D eigenvalue weighted by molar-refractivity contribution is 7.80. The van der Waals surface area contributed by atoms with Gasteiger partial charge in [-0.1, -0.05) is 12.1 Å². The number of pyridine rings is 1. The summed E-state index contributed by atoms with van der Waals surface area (Å²) in [7, 11) is 1.64. The minimum Gasteiger partial charge on any atom is -0.495 e. The summed E-state index contributed by atoms with van der Waals surface area (Å²) in [5, 5.41) is 4.92. The van der Waals surface area contributed by atoms with Crippen LogP contribution in [0, 0.1) is 13.8 Å². The molecule has 3 aromatic rings. The van der Waals surface area contributed by atoms with E-state index >= 15 is 0 Å². The summed E-state index contributed by atoms with van der Waals surface area (Å²) in [5.41, 5.74) is 4.63. The average molecular weight is 495 g/mol. The molecular formula is C27H34N4O3S. The van der Waals surface area contributed by atoms with Gasteiger partial charge in [0.15, 0.2) is 5.11 Å². The van der Waals surface area contributed by atoms with Crippen molar-refractivity contribution >= 4 is 33.9 Å². The Balaban J connectivity index is 1.55. The van der Waals surface area contributed by atoms with Crippen LogP contribution >= 0.6 is 12.2 Å². The lowest BCUT2D eigenvalue weighted by Crippen LogP contribution is -2.40. The van der Waals surface area contributed by atoms with Crippen LogP contribution < -0.4 is 15.6 Å². The van der Waals surface area contributed by atoms with Gasteiger partial charge in [0, 0.05) is 37.3 Å². The molecule has 2 N–H and O–H groups in total. The molecule has 1 aliphatic rings. The minimum atomic E-state index is -0.0842. The van der Waals surface area contributed by atoms with E-state index in [1.807, 2.05) is 36.4 Å². The number of thiocarbonyl (C=S) groups is 1. The second-order valence-corrected chi connectivity index (χ2v) is 9.39. The quantitative estimate of drug-likeness (QED) is 0.458. The highest BCUT2D eigenvalue weighted by atomic mass is 32.1. The Kier molecular flexibility index (Phi) is 8.38. The molecule has 1 aromatic heterocycles. The van der Waals surface area contributed by atoms with Crippen molar-refractivity contribution in [3.05, 3.63) is 69.5 Å². The topological polar surface area (TPSA) is 69.8 Å². The van der Waals surface area contributed by atoms with E-state index < -0.39 is 0 Å². The third-order valence-corrected chi connectivity index (χ3v) is 6.90. The molecule has 0 atom stereocenters. The van der Waals surface area contributed by atoms with Gasteiger partial charge < -0.3 is 24.7 Å². The van der Waals surface area contributed by atoms with Crippen LogP contribution in [0.4, 0.5) is 5.69 Å². The van der Waals surface area contributed by atoms with Crippen LogP contribution in [0.1, 0.15) is 23.1 Å². The highest BCUT2D eigenvalue weighted by Crippen LogP contribution is 2.24. The van der Waals surface area contributed by atoms with Crippen molar-refractivity contribution < 1.29 is 9.47 Å². The number of nitrogens with zero attached hydrogens (tertiary/aromatic N) is 2. The van der Waals surface area contributed by atoms with E-state index in [0.29, 0.717) is 17.2 Å². The first-order valence-electron chi connectivity index (χ1n) is 12.1. The molecule has 2 aromatic carbocycles. The number of morpholine rings is 1. The van der Waals surface area contributed by atoms with Gasteiger partial charge in [-0.2, -0.15) is 0 Å². The molecule has 0 spiro atoms. The van der Waals surface area contributed by atoms with Gasteiger partial charge in [0.2, 0.25) is 0 Å². The van der Waals surface area contributed by atoms with Crippen LogP contribution in [0.3, 0.4) is 0 Å². The van der Waals surface area contributed by atoms with Crippen molar-refractivity contribution in [1.29, 1.82) is 0 Å².